The van der Waals surface area contributed by atoms with Crippen molar-refractivity contribution in [3.8, 4) is 0 Å². The fourth-order valence-electron chi connectivity index (χ4n) is 1.46. The van der Waals surface area contributed by atoms with E-state index in [-0.39, 0.29) is 11.7 Å². The third-order valence-corrected chi connectivity index (χ3v) is 3.41. The topological polar surface area (TPSA) is 98.7 Å². The molecule has 2 aromatic rings. The van der Waals surface area contributed by atoms with Crippen molar-refractivity contribution in [3.05, 3.63) is 23.8 Å². The van der Waals surface area contributed by atoms with Crippen LogP contribution in [0.15, 0.2) is 23.4 Å². The highest BCUT2D eigenvalue weighted by molar-refractivity contribution is 7.99. The van der Waals surface area contributed by atoms with E-state index in [1.807, 2.05) is 19.1 Å². The number of nitrogens with zero attached hydrogens (tertiary/aromatic N) is 4. The zero-order valence-electron chi connectivity index (χ0n) is 10.6. The van der Waals surface area contributed by atoms with Gasteiger partial charge in [-0.3, -0.25) is 4.79 Å². The summed E-state index contributed by atoms with van der Waals surface area (Å²) in [5, 5.41) is 14.3. The van der Waals surface area contributed by atoms with Crippen LogP contribution < -0.4 is 11.1 Å². The second-order valence-electron chi connectivity index (χ2n) is 4.01. The highest BCUT2D eigenvalue weighted by atomic mass is 32.2. The Morgan fingerprint density at radius 1 is 1.53 bits per heavy atom. The summed E-state index contributed by atoms with van der Waals surface area (Å²) in [4.78, 5) is 11.8. The van der Waals surface area contributed by atoms with Crippen molar-refractivity contribution in [1.82, 2.24) is 20.2 Å². The van der Waals surface area contributed by atoms with Gasteiger partial charge in [0.25, 0.3) is 0 Å². The molecule has 0 unspecified atom stereocenters. The number of amides is 1. The molecule has 0 spiro atoms. The average Bonchev–Trinajstić information content (AvgIpc) is 2.76. The third-order valence-electron chi connectivity index (χ3n) is 2.39. The number of tetrazole rings is 1. The van der Waals surface area contributed by atoms with Crippen molar-refractivity contribution in [3.63, 3.8) is 0 Å². The van der Waals surface area contributed by atoms with E-state index in [4.69, 9.17) is 5.73 Å². The van der Waals surface area contributed by atoms with Gasteiger partial charge in [0, 0.05) is 7.05 Å². The molecule has 8 heteroatoms. The summed E-state index contributed by atoms with van der Waals surface area (Å²) in [6.07, 6.45) is 0. The molecule has 1 aromatic carbocycles. The molecular formula is C11H14N6OS. The summed E-state index contributed by atoms with van der Waals surface area (Å²) in [5.74, 6) is 0.0743. The first-order valence-corrected chi connectivity index (χ1v) is 6.56. The standard InChI is InChI=1S/C11H14N6OS/c1-7-3-4-9(8(12)5-7)13-10(18)6-19-11-14-15-16-17(11)2/h3-5H,6,12H2,1-2H3,(H,13,18). The van der Waals surface area contributed by atoms with E-state index in [9.17, 15) is 4.79 Å². The highest BCUT2D eigenvalue weighted by Gasteiger charge is 2.09. The van der Waals surface area contributed by atoms with Gasteiger partial charge in [-0.2, -0.15) is 0 Å². The van der Waals surface area contributed by atoms with Gasteiger partial charge in [-0.15, -0.1) is 5.10 Å². The van der Waals surface area contributed by atoms with Crippen molar-refractivity contribution in [2.45, 2.75) is 12.1 Å². The van der Waals surface area contributed by atoms with Crippen molar-refractivity contribution in [1.29, 1.82) is 0 Å². The van der Waals surface area contributed by atoms with Crippen LogP contribution in [0, 0.1) is 6.92 Å². The Morgan fingerprint density at radius 2 is 2.32 bits per heavy atom. The Morgan fingerprint density at radius 3 is 2.95 bits per heavy atom. The first-order chi connectivity index (χ1) is 9.06. The number of hydrogen-bond acceptors (Lipinski definition) is 6. The number of benzene rings is 1. The summed E-state index contributed by atoms with van der Waals surface area (Å²) >= 11 is 1.26. The smallest absolute Gasteiger partial charge is 0.234 e. The zero-order chi connectivity index (χ0) is 13.8. The minimum Gasteiger partial charge on any atom is -0.397 e. The molecule has 0 saturated carbocycles. The van der Waals surface area contributed by atoms with Crippen LogP contribution in [0.5, 0.6) is 0 Å². The molecule has 1 aromatic heterocycles. The largest absolute Gasteiger partial charge is 0.397 e. The Hall–Kier alpha value is -2.09. The van der Waals surface area contributed by atoms with Crippen LogP contribution in [-0.4, -0.2) is 31.9 Å². The van der Waals surface area contributed by atoms with Crippen LogP contribution >= 0.6 is 11.8 Å². The van der Waals surface area contributed by atoms with E-state index < -0.39 is 0 Å². The number of nitrogen functional groups attached to an aromatic ring is 1. The molecule has 2 rings (SSSR count). The van der Waals surface area contributed by atoms with Gasteiger partial charge in [-0.1, -0.05) is 17.8 Å². The number of rotatable bonds is 4. The molecule has 19 heavy (non-hydrogen) atoms. The van der Waals surface area contributed by atoms with Gasteiger partial charge >= 0.3 is 0 Å². The summed E-state index contributed by atoms with van der Waals surface area (Å²) in [6, 6.07) is 5.50. The summed E-state index contributed by atoms with van der Waals surface area (Å²) in [6.45, 7) is 1.94. The summed E-state index contributed by atoms with van der Waals surface area (Å²) < 4.78 is 1.51. The van der Waals surface area contributed by atoms with E-state index in [0.29, 0.717) is 16.5 Å². The Bertz CT molecular complexity index is 597. The van der Waals surface area contributed by atoms with Crippen LogP contribution in [0.3, 0.4) is 0 Å². The van der Waals surface area contributed by atoms with Crippen LogP contribution in [0.4, 0.5) is 11.4 Å². The third kappa shape index (κ3) is 3.44. The molecular weight excluding hydrogens is 264 g/mol. The van der Waals surface area contributed by atoms with Crippen LogP contribution in [0.1, 0.15) is 5.56 Å². The number of nitrogens with one attached hydrogen (secondary N) is 1. The minimum atomic E-state index is -0.149. The number of aryl methyl sites for hydroxylation is 2. The first-order valence-electron chi connectivity index (χ1n) is 5.57. The molecule has 0 atom stereocenters. The lowest BCUT2D eigenvalue weighted by Crippen LogP contribution is -2.15. The fourth-order valence-corrected chi connectivity index (χ4v) is 2.11. The van der Waals surface area contributed by atoms with Crippen molar-refractivity contribution in [2.24, 2.45) is 7.05 Å². The average molecular weight is 278 g/mol. The molecule has 3 N–H and O–H groups in total. The number of aromatic nitrogens is 4. The first kappa shape index (κ1) is 13.3. The predicted octanol–water partition coefficient (Wildman–Crippen LogP) is 0.832. The lowest BCUT2D eigenvalue weighted by molar-refractivity contribution is -0.113. The van der Waals surface area contributed by atoms with E-state index >= 15 is 0 Å². The molecule has 1 amide bonds. The molecule has 0 bridgehead atoms. The van der Waals surface area contributed by atoms with Gasteiger partial charge in [0.1, 0.15) is 0 Å². The summed E-state index contributed by atoms with van der Waals surface area (Å²) in [5.41, 5.74) is 8.05. The number of hydrogen-bond donors (Lipinski definition) is 2. The molecule has 0 fully saturated rings. The zero-order valence-corrected chi connectivity index (χ0v) is 11.4. The number of thioether (sulfide) groups is 1. The van der Waals surface area contributed by atoms with E-state index in [2.05, 4.69) is 20.8 Å². The summed E-state index contributed by atoms with van der Waals surface area (Å²) in [7, 11) is 1.72. The van der Waals surface area contributed by atoms with Crippen molar-refractivity contribution >= 4 is 29.0 Å². The fraction of sp³-hybridized carbons (Fsp3) is 0.273. The van der Waals surface area contributed by atoms with Crippen LogP contribution in [0.25, 0.3) is 0 Å². The van der Waals surface area contributed by atoms with Crippen LogP contribution in [-0.2, 0) is 11.8 Å². The maximum absolute atomic E-state index is 11.8. The molecule has 7 nitrogen and oxygen atoms in total. The number of anilines is 2. The Balaban J connectivity index is 1.93. The number of carbonyl (C=O) groups is 1. The highest BCUT2D eigenvalue weighted by Crippen LogP contribution is 2.20. The number of carbonyl (C=O) groups excluding carboxylic acids is 1. The van der Waals surface area contributed by atoms with Gasteiger partial charge < -0.3 is 11.1 Å². The maximum atomic E-state index is 11.8. The maximum Gasteiger partial charge on any atom is 0.234 e. The van der Waals surface area contributed by atoms with Gasteiger partial charge in [0.15, 0.2) is 0 Å². The normalized spacial score (nSPS) is 10.4. The molecule has 1 heterocycles. The Labute approximate surface area is 114 Å². The van der Waals surface area contributed by atoms with Crippen molar-refractivity contribution in [2.75, 3.05) is 16.8 Å². The molecule has 0 saturated heterocycles. The lowest BCUT2D eigenvalue weighted by Gasteiger charge is -2.08. The molecule has 0 radical (unpaired) electrons. The second kappa shape index (κ2) is 5.70. The predicted molar refractivity (Wildman–Crippen MR) is 73.7 cm³/mol. The molecule has 0 aliphatic carbocycles. The van der Waals surface area contributed by atoms with Crippen LogP contribution in [0.2, 0.25) is 0 Å². The van der Waals surface area contributed by atoms with Gasteiger partial charge in [-0.05, 0) is 35.0 Å². The minimum absolute atomic E-state index is 0.149. The monoisotopic (exact) mass is 278 g/mol. The van der Waals surface area contributed by atoms with E-state index in [0.717, 1.165) is 5.56 Å². The van der Waals surface area contributed by atoms with Gasteiger partial charge in [0.05, 0.1) is 17.1 Å². The molecule has 100 valence electrons. The van der Waals surface area contributed by atoms with E-state index in [1.54, 1.807) is 13.1 Å². The molecule has 0 aliphatic heterocycles. The van der Waals surface area contributed by atoms with E-state index in [1.165, 1.54) is 16.4 Å². The SMILES string of the molecule is Cc1ccc(NC(=O)CSc2nnnn2C)c(N)c1. The number of nitrogens with two attached hydrogens (primary N) is 1. The Kier molecular flexibility index (Phi) is 4.00. The van der Waals surface area contributed by atoms with Crippen molar-refractivity contribution < 1.29 is 4.79 Å². The second-order valence-corrected chi connectivity index (χ2v) is 4.96. The van der Waals surface area contributed by atoms with Gasteiger partial charge in [0.2, 0.25) is 11.1 Å². The quantitative estimate of drug-likeness (QED) is 0.635. The molecule has 0 aliphatic rings. The van der Waals surface area contributed by atoms with Gasteiger partial charge in [-0.25, -0.2) is 4.68 Å². The lowest BCUT2D eigenvalue weighted by atomic mass is 10.2.